The number of benzene rings is 2. The van der Waals surface area contributed by atoms with E-state index < -0.39 is 0 Å². The third kappa shape index (κ3) is 3.09. The zero-order valence-corrected chi connectivity index (χ0v) is 13.7. The van der Waals surface area contributed by atoms with Gasteiger partial charge in [0, 0.05) is 11.3 Å². The molecule has 2 aromatic heterocycles. The monoisotopic (exact) mass is 349 g/mol. The van der Waals surface area contributed by atoms with Crippen LogP contribution in [-0.2, 0) is 0 Å². The molecule has 1 amide bonds. The van der Waals surface area contributed by atoms with Crippen molar-refractivity contribution in [3.8, 4) is 11.3 Å². The van der Waals surface area contributed by atoms with Gasteiger partial charge in [-0.3, -0.25) is 9.78 Å². The molecule has 0 spiro atoms. The summed E-state index contributed by atoms with van der Waals surface area (Å²) in [5.74, 6) is -0.258. The number of amides is 1. The Kier molecular flexibility index (Phi) is 3.91. The fourth-order valence-corrected chi connectivity index (χ4v) is 2.70. The van der Waals surface area contributed by atoms with Crippen LogP contribution in [0.2, 0.25) is 5.02 Å². The third-order valence-electron chi connectivity index (χ3n) is 3.73. The Balaban J connectivity index is 1.70. The molecule has 1 N–H and O–H groups in total. The van der Waals surface area contributed by atoms with E-state index in [4.69, 9.17) is 16.0 Å². The molecule has 0 bridgehead atoms. The molecule has 0 aliphatic heterocycles. The Bertz CT molecular complexity index is 1060. The molecule has 4 aromatic rings. The van der Waals surface area contributed by atoms with Crippen molar-refractivity contribution in [2.45, 2.75) is 0 Å². The molecule has 6 heteroatoms. The van der Waals surface area contributed by atoms with E-state index >= 15 is 0 Å². The second kappa shape index (κ2) is 6.37. The van der Waals surface area contributed by atoms with Gasteiger partial charge in [-0.1, -0.05) is 23.7 Å². The smallest absolute Gasteiger partial charge is 0.258 e. The van der Waals surface area contributed by atoms with Gasteiger partial charge in [0.25, 0.3) is 5.91 Å². The summed E-state index contributed by atoms with van der Waals surface area (Å²) in [7, 11) is 0. The van der Waals surface area contributed by atoms with Crippen LogP contribution in [0.15, 0.2) is 71.7 Å². The highest BCUT2D eigenvalue weighted by molar-refractivity contribution is 6.33. The molecule has 0 aliphatic rings. The van der Waals surface area contributed by atoms with Crippen LogP contribution in [0.1, 0.15) is 10.4 Å². The maximum absolute atomic E-state index is 12.2. The molecule has 2 aromatic carbocycles. The largest absolute Gasteiger partial charge is 0.472 e. The minimum atomic E-state index is -0.258. The number of carbonyl (C=O) groups is 1. The van der Waals surface area contributed by atoms with Gasteiger partial charge in [0.2, 0.25) is 0 Å². The van der Waals surface area contributed by atoms with E-state index in [1.54, 1.807) is 30.5 Å². The highest BCUT2D eigenvalue weighted by Crippen LogP contribution is 2.30. The van der Waals surface area contributed by atoms with Gasteiger partial charge < -0.3 is 9.73 Å². The van der Waals surface area contributed by atoms with E-state index in [1.165, 1.54) is 12.5 Å². The van der Waals surface area contributed by atoms with Gasteiger partial charge in [-0.25, -0.2) is 4.98 Å². The quantitative estimate of drug-likeness (QED) is 0.577. The van der Waals surface area contributed by atoms with Crippen molar-refractivity contribution in [1.29, 1.82) is 0 Å². The van der Waals surface area contributed by atoms with Crippen molar-refractivity contribution in [2.24, 2.45) is 0 Å². The summed E-state index contributed by atoms with van der Waals surface area (Å²) in [6.45, 7) is 0. The molecule has 0 radical (unpaired) electrons. The molecular weight excluding hydrogens is 338 g/mol. The molecule has 0 saturated heterocycles. The van der Waals surface area contributed by atoms with Crippen LogP contribution < -0.4 is 5.32 Å². The van der Waals surface area contributed by atoms with E-state index in [9.17, 15) is 4.79 Å². The molecule has 25 heavy (non-hydrogen) atoms. The van der Waals surface area contributed by atoms with Crippen LogP contribution in [0.3, 0.4) is 0 Å². The average molecular weight is 350 g/mol. The molecule has 0 aliphatic carbocycles. The number of nitrogens with one attached hydrogen (secondary N) is 1. The van der Waals surface area contributed by atoms with Crippen LogP contribution in [0.5, 0.6) is 0 Å². The lowest BCUT2D eigenvalue weighted by Crippen LogP contribution is -2.10. The lowest BCUT2D eigenvalue weighted by molar-refractivity contribution is 0.102. The Morgan fingerprint density at radius 3 is 2.72 bits per heavy atom. The number of halogens is 1. The van der Waals surface area contributed by atoms with Crippen LogP contribution in [0, 0.1) is 0 Å². The highest BCUT2D eigenvalue weighted by Gasteiger charge is 2.11. The summed E-state index contributed by atoms with van der Waals surface area (Å²) in [5, 5.41) is 3.35. The van der Waals surface area contributed by atoms with Crippen LogP contribution in [0.25, 0.3) is 22.3 Å². The summed E-state index contributed by atoms with van der Waals surface area (Å²) >= 11 is 6.32. The Hall–Kier alpha value is -3.18. The van der Waals surface area contributed by atoms with Gasteiger partial charge in [-0.05, 0) is 36.4 Å². The standard InChI is InChI=1S/C19H12ClN3O2/c20-15-6-5-13(22-19(24)12-7-8-25-11-12)9-14(15)18-10-21-16-3-1-2-4-17(16)23-18/h1-11H,(H,22,24). The number of anilines is 1. The fraction of sp³-hybridized carbons (Fsp3) is 0. The number of hydrogen-bond acceptors (Lipinski definition) is 4. The summed E-state index contributed by atoms with van der Waals surface area (Å²) in [6.07, 6.45) is 4.51. The number of carbonyl (C=O) groups excluding carboxylic acids is 1. The van der Waals surface area contributed by atoms with Gasteiger partial charge in [0.15, 0.2) is 0 Å². The van der Waals surface area contributed by atoms with Crippen molar-refractivity contribution in [1.82, 2.24) is 9.97 Å². The number of aromatic nitrogens is 2. The predicted octanol–water partition coefficient (Wildman–Crippen LogP) is 4.80. The highest BCUT2D eigenvalue weighted by atomic mass is 35.5. The lowest BCUT2D eigenvalue weighted by Gasteiger charge is -2.09. The molecule has 2 heterocycles. The second-order valence-corrected chi connectivity index (χ2v) is 5.81. The first-order valence-corrected chi connectivity index (χ1v) is 7.94. The molecule has 0 saturated carbocycles. The Morgan fingerprint density at radius 2 is 1.92 bits per heavy atom. The van der Waals surface area contributed by atoms with E-state index in [-0.39, 0.29) is 5.91 Å². The molecular formula is C19H12ClN3O2. The average Bonchev–Trinajstić information content (AvgIpc) is 3.18. The lowest BCUT2D eigenvalue weighted by atomic mass is 10.1. The predicted molar refractivity (Wildman–Crippen MR) is 96.6 cm³/mol. The zero-order valence-electron chi connectivity index (χ0n) is 12.9. The molecule has 0 unspecified atom stereocenters. The third-order valence-corrected chi connectivity index (χ3v) is 4.06. The van der Waals surface area contributed by atoms with Gasteiger partial charge >= 0.3 is 0 Å². The van der Waals surface area contributed by atoms with Crippen LogP contribution in [0.4, 0.5) is 5.69 Å². The van der Waals surface area contributed by atoms with Crippen molar-refractivity contribution in [3.63, 3.8) is 0 Å². The van der Waals surface area contributed by atoms with Crippen LogP contribution >= 0.6 is 11.6 Å². The number of fused-ring (bicyclic) bond motifs is 1. The first-order valence-electron chi connectivity index (χ1n) is 7.56. The normalized spacial score (nSPS) is 10.8. The van der Waals surface area contributed by atoms with Crippen molar-refractivity contribution >= 4 is 34.2 Å². The Labute approximate surface area is 148 Å². The van der Waals surface area contributed by atoms with E-state index in [0.29, 0.717) is 27.5 Å². The summed E-state index contributed by atoms with van der Waals surface area (Å²) in [4.78, 5) is 21.2. The summed E-state index contributed by atoms with van der Waals surface area (Å²) in [6, 6.07) is 14.4. The minimum Gasteiger partial charge on any atom is -0.472 e. The number of furan rings is 1. The molecule has 122 valence electrons. The van der Waals surface area contributed by atoms with Gasteiger partial charge in [0.05, 0.1) is 39.8 Å². The zero-order chi connectivity index (χ0) is 17.2. The fourth-order valence-electron chi connectivity index (χ4n) is 2.48. The topological polar surface area (TPSA) is 68.0 Å². The van der Waals surface area contributed by atoms with E-state index in [0.717, 1.165) is 11.0 Å². The SMILES string of the molecule is O=C(Nc1ccc(Cl)c(-c2cnc3ccccc3n2)c1)c1ccoc1. The van der Waals surface area contributed by atoms with Crippen molar-refractivity contribution < 1.29 is 9.21 Å². The molecule has 0 fully saturated rings. The maximum atomic E-state index is 12.2. The van der Waals surface area contributed by atoms with Gasteiger partial charge in [0.1, 0.15) is 6.26 Å². The first kappa shape index (κ1) is 15.4. The Morgan fingerprint density at radius 1 is 1.08 bits per heavy atom. The van der Waals surface area contributed by atoms with Crippen LogP contribution in [-0.4, -0.2) is 15.9 Å². The van der Waals surface area contributed by atoms with Crippen molar-refractivity contribution in [2.75, 3.05) is 5.32 Å². The number of rotatable bonds is 3. The number of nitrogens with zero attached hydrogens (tertiary/aromatic N) is 2. The number of para-hydroxylation sites is 2. The van der Waals surface area contributed by atoms with Gasteiger partial charge in [-0.15, -0.1) is 0 Å². The molecule has 0 atom stereocenters. The van der Waals surface area contributed by atoms with E-state index in [1.807, 2.05) is 24.3 Å². The minimum absolute atomic E-state index is 0.258. The summed E-state index contributed by atoms with van der Waals surface area (Å²) < 4.78 is 4.93. The van der Waals surface area contributed by atoms with E-state index in [2.05, 4.69) is 15.3 Å². The second-order valence-electron chi connectivity index (χ2n) is 5.40. The van der Waals surface area contributed by atoms with Gasteiger partial charge in [-0.2, -0.15) is 0 Å². The summed E-state index contributed by atoms with van der Waals surface area (Å²) in [5.41, 5.74) is 3.99. The van der Waals surface area contributed by atoms with Crippen molar-refractivity contribution in [3.05, 3.63) is 77.8 Å². The molecule has 5 nitrogen and oxygen atoms in total. The number of hydrogen-bond donors (Lipinski definition) is 1. The first-order chi connectivity index (χ1) is 12.2. The molecule has 4 rings (SSSR count). The maximum Gasteiger partial charge on any atom is 0.258 e.